The molecule has 3 aromatic rings. The van der Waals surface area contributed by atoms with Gasteiger partial charge in [0.2, 0.25) is 0 Å². The number of carbonyl (C=O) groups excluding carboxylic acids is 1. The fourth-order valence-electron chi connectivity index (χ4n) is 3.61. The van der Waals surface area contributed by atoms with Crippen molar-refractivity contribution in [1.82, 2.24) is 0 Å². The molecule has 0 saturated carbocycles. The van der Waals surface area contributed by atoms with E-state index in [4.69, 9.17) is 0 Å². The number of nitro groups is 1. The maximum absolute atomic E-state index is 13.0. The van der Waals surface area contributed by atoms with Crippen LogP contribution in [-0.2, 0) is 22.9 Å². The number of sulfonamides is 1. The van der Waals surface area contributed by atoms with Gasteiger partial charge in [-0.05, 0) is 49.6 Å². The number of hydrogen-bond acceptors (Lipinski definition) is 7. The number of nitro benzene ring substituents is 1. The third-order valence-corrected chi connectivity index (χ3v) is 6.82. The summed E-state index contributed by atoms with van der Waals surface area (Å²) in [5.41, 5.74) is 1.73. The average molecular weight is 493 g/mol. The number of anilines is 1. The predicted octanol–water partition coefficient (Wildman–Crippen LogP) is 4.99. The van der Waals surface area contributed by atoms with Crippen molar-refractivity contribution in [3.8, 4) is 5.75 Å². The second-order valence-electron chi connectivity index (χ2n) is 7.86. The van der Waals surface area contributed by atoms with Crippen molar-refractivity contribution in [2.45, 2.75) is 24.7 Å². The van der Waals surface area contributed by atoms with Crippen LogP contribution in [-0.4, -0.2) is 24.4 Å². The summed E-state index contributed by atoms with van der Waals surface area (Å²) >= 11 is 0. The Morgan fingerprint density at radius 2 is 1.74 bits per heavy atom. The Hall–Kier alpha value is -4.38. The smallest absolute Gasteiger partial charge is 0.295 e. The van der Waals surface area contributed by atoms with Gasteiger partial charge in [0.05, 0.1) is 21.1 Å². The number of amides is 1. The molecule has 0 radical (unpaired) electrons. The third-order valence-electron chi connectivity index (χ3n) is 5.44. The molecule has 0 unspecified atom stereocenters. The number of aryl methyl sites for hydroxylation is 1. The van der Waals surface area contributed by atoms with E-state index in [9.17, 15) is 28.4 Å². The molecule has 35 heavy (non-hydrogen) atoms. The number of benzene rings is 3. The van der Waals surface area contributed by atoms with Crippen LogP contribution in [0.1, 0.15) is 27.0 Å². The summed E-state index contributed by atoms with van der Waals surface area (Å²) in [7, 11) is -3.94. The van der Waals surface area contributed by atoms with Crippen LogP contribution in [0.2, 0.25) is 0 Å². The lowest BCUT2D eigenvalue weighted by atomic mass is 9.93. The minimum atomic E-state index is -3.94. The molecule has 0 bridgehead atoms. The average Bonchev–Trinajstić information content (AvgIpc) is 2.85. The molecule has 0 aromatic heterocycles. The summed E-state index contributed by atoms with van der Waals surface area (Å²) in [6.45, 7) is 1.85. The Labute approximate surface area is 200 Å². The highest BCUT2D eigenvalue weighted by Crippen LogP contribution is 2.41. The van der Waals surface area contributed by atoms with Crippen LogP contribution in [0.5, 0.6) is 5.75 Å². The Bertz CT molecular complexity index is 1500. The maximum atomic E-state index is 13.0. The van der Waals surface area contributed by atoms with Crippen LogP contribution < -0.4 is 4.72 Å². The molecule has 1 aliphatic rings. The van der Waals surface area contributed by atoms with Gasteiger partial charge in [0.1, 0.15) is 11.4 Å². The third kappa shape index (κ3) is 5.09. The first-order chi connectivity index (χ1) is 16.7. The standard InChI is InChI=1S/C24H20N4O6S/c1-15-9-11-18(12-10-15)35(33,34)27-21-14-22(23(29)20-8-3-2-7-19(20)21)25-26-24(30)16-5-4-6-17(13-16)28(31)32/h2-6,9-14,27,29H,7-8H2,1H3. The number of fused-ring (bicyclic) bond motifs is 1. The zero-order valence-corrected chi connectivity index (χ0v) is 19.3. The lowest BCUT2D eigenvalue weighted by Crippen LogP contribution is -2.15. The Morgan fingerprint density at radius 3 is 2.43 bits per heavy atom. The SMILES string of the molecule is Cc1ccc(S(=O)(=O)Nc2cc(N=NC(=O)c3cccc([N+](=O)[O-])c3)c(O)c3c2CC=CC3)cc1. The highest BCUT2D eigenvalue weighted by molar-refractivity contribution is 7.92. The van der Waals surface area contributed by atoms with E-state index in [1.165, 1.54) is 36.4 Å². The molecule has 2 N–H and O–H groups in total. The maximum Gasteiger partial charge on any atom is 0.295 e. The number of carbonyl (C=O) groups is 1. The van der Waals surface area contributed by atoms with Crippen LogP contribution in [0.25, 0.3) is 0 Å². The first-order valence-corrected chi connectivity index (χ1v) is 12.0. The largest absolute Gasteiger partial charge is 0.505 e. The normalized spacial score (nSPS) is 12.9. The van der Waals surface area contributed by atoms with E-state index in [1.54, 1.807) is 12.1 Å². The topological polar surface area (TPSA) is 151 Å². The molecule has 10 nitrogen and oxygen atoms in total. The van der Waals surface area contributed by atoms with Gasteiger partial charge in [-0.1, -0.05) is 35.9 Å². The van der Waals surface area contributed by atoms with Gasteiger partial charge in [-0.3, -0.25) is 19.6 Å². The van der Waals surface area contributed by atoms with Crippen molar-refractivity contribution < 1.29 is 23.2 Å². The van der Waals surface area contributed by atoms with E-state index >= 15 is 0 Å². The number of non-ortho nitro benzene ring substituents is 1. The molecule has 1 aliphatic carbocycles. The number of nitrogens with one attached hydrogen (secondary N) is 1. The first-order valence-electron chi connectivity index (χ1n) is 10.5. The fraction of sp³-hybridized carbons (Fsp3) is 0.125. The van der Waals surface area contributed by atoms with Gasteiger partial charge in [-0.25, -0.2) is 8.42 Å². The van der Waals surface area contributed by atoms with E-state index in [2.05, 4.69) is 15.0 Å². The van der Waals surface area contributed by atoms with Gasteiger partial charge < -0.3 is 5.11 Å². The number of allylic oxidation sites excluding steroid dienone is 2. The monoisotopic (exact) mass is 492 g/mol. The second-order valence-corrected chi connectivity index (χ2v) is 9.54. The Kier molecular flexibility index (Phi) is 6.43. The van der Waals surface area contributed by atoms with E-state index in [1.807, 2.05) is 19.1 Å². The summed E-state index contributed by atoms with van der Waals surface area (Å²) in [4.78, 5) is 22.8. The van der Waals surface area contributed by atoms with Gasteiger partial charge in [-0.2, -0.15) is 0 Å². The molecule has 0 aliphatic heterocycles. The zero-order valence-electron chi connectivity index (χ0n) is 18.5. The lowest BCUT2D eigenvalue weighted by Gasteiger charge is -2.20. The number of hydrogen-bond donors (Lipinski definition) is 2. The minimum Gasteiger partial charge on any atom is -0.505 e. The van der Waals surface area contributed by atoms with Crippen molar-refractivity contribution in [3.05, 3.63) is 99.1 Å². The Morgan fingerprint density at radius 1 is 1.06 bits per heavy atom. The molecule has 178 valence electrons. The van der Waals surface area contributed by atoms with Crippen molar-refractivity contribution in [2.24, 2.45) is 10.2 Å². The summed E-state index contributed by atoms with van der Waals surface area (Å²) in [5, 5.41) is 29.1. The van der Waals surface area contributed by atoms with Crippen LogP contribution >= 0.6 is 0 Å². The highest BCUT2D eigenvalue weighted by Gasteiger charge is 2.23. The highest BCUT2D eigenvalue weighted by atomic mass is 32.2. The van der Waals surface area contributed by atoms with Crippen LogP contribution in [0, 0.1) is 17.0 Å². The molecule has 0 spiro atoms. The van der Waals surface area contributed by atoms with Gasteiger partial charge in [0, 0.05) is 17.7 Å². The number of azo groups is 1. The summed E-state index contributed by atoms with van der Waals surface area (Å²) in [5.74, 6) is -1.08. The molecule has 1 amide bonds. The minimum absolute atomic E-state index is 0.0522. The van der Waals surface area contributed by atoms with E-state index in [0.29, 0.717) is 24.0 Å². The molecule has 3 aromatic carbocycles. The molecule has 0 atom stereocenters. The molecule has 4 rings (SSSR count). The van der Waals surface area contributed by atoms with Crippen molar-refractivity contribution >= 4 is 33.0 Å². The van der Waals surface area contributed by atoms with E-state index < -0.39 is 20.9 Å². The number of nitrogens with zero attached hydrogens (tertiary/aromatic N) is 3. The van der Waals surface area contributed by atoms with Crippen molar-refractivity contribution in [1.29, 1.82) is 0 Å². The zero-order chi connectivity index (χ0) is 25.2. The summed E-state index contributed by atoms with van der Waals surface area (Å²) in [6.07, 6.45) is 4.41. The van der Waals surface area contributed by atoms with Gasteiger partial charge in [0.15, 0.2) is 0 Å². The molecule has 0 fully saturated rings. The fourth-order valence-corrected chi connectivity index (χ4v) is 4.69. The van der Waals surface area contributed by atoms with Crippen molar-refractivity contribution in [3.63, 3.8) is 0 Å². The number of rotatable bonds is 6. The summed E-state index contributed by atoms with van der Waals surface area (Å²) < 4.78 is 28.5. The molecule has 11 heteroatoms. The predicted molar refractivity (Wildman–Crippen MR) is 129 cm³/mol. The molecular formula is C24H20N4O6S. The van der Waals surface area contributed by atoms with Gasteiger partial charge in [-0.15, -0.1) is 10.2 Å². The van der Waals surface area contributed by atoms with Crippen molar-refractivity contribution in [2.75, 3.05) is 4.72 Å². The van der Waals surface area contributed by atoms with E-state index in [-0.39, 0.29) is 33.3 Å². The second kappa shape index (κ2) is 9.47. The van der Waals surface area contributed by atoms with Crippen LogP contribution in [0.15, 0.2) is 81.9 Å². The molecule has 0 heterocycles. The van der Waals surface area contributed by atoms with Gasteiger partial charge >= 0.3 is 0 Å². The lowest BCUT2D eigenvalue weighted by molar-refractivity contribution is -0.384. The molecule has 0 saturated heterocycles. The number of aromatic hydroxyl groups is 1. The molecular weight excluding hydrogens is 472 g/mol. The van der Waals surface area contributed by atoms with Crippen LogP contribution in [0.3, 0.4) is 0 Å². The van der Waals surface area contributed by atoms with E-state index in [0.717, 1.165) is 11.6 Å². The summed E-state index contributed by atoms with van der Waals surface area (Å²) in [6, 6.07) is 12.7. The quantitative estimate of drug-likeness (QED) is 0.163. The number of phenols is 1. The van der Waals surface area contributed by atoms with Gasteiger partial charge in [0.25, 0.3) is 21.6 Å². The van der Waals surface area contributed by atoms with Crippen LogP contribution in [0.4, 0.5) is 17.1 Å². The number of phenolic OH excluding ortho intramolecular Hbond substituents is 1. The Balaban J connectivity index is 1.70. The first kappa shape index (κ1) is 23.8.